The minimum Gasteiger partial charge on any atom is -0.324 e. The van der Waals surface area contributed by atoms with Crippen molar-refractivity contribution in [2.24, 2.45) is 10.4 Å². The van der Waals surface area contributed by atoms with Crippen LogP contribution in [0.2, 0.25) is 0 Å². The molecule has 100 valence electrons. The Morgan fingerprint density at radius 1 is 1.44 bits per heavy atom. The van der Waals surface area contributed by atoms with Crippen molar-refractivity contribution < 1.29 is 23.9 Å². The van der Waals surface area contributed by atoms with Gasteiger partial charge in [0.25, 0.3) is 0 Å². The molecule has 1 aliphatic heterocycles. The Labute approximate surface area is 104 Å². The molecule has 0 bridgehead atoms. The number of imide groups is 1. The first kappa shape index (κ1) is 14.8. The number of urea groups is 1. The molecule has 1 atom stereocenters. The first-order valence-corrected chi connectivity index (χ1v) is 7.13. The molecule has 0 saturated heterocycles. The quantitative estimate of drug-likeness (QED) is 0.507. The first-order chi connectivity index (χ1) is 8.23. The maximum atomic E-state index is 11.6. The summed E-state index contributed by atoms with van der Waals surface area (Å²) in [5.41, 5.74) is -0.896. The van der Waals surface area contributed by atoms with Crippen molar-refractivity contribution in [2.75, 3.05) is 6.16 Å². The molecule has 8 heteroatoms. The molecule has 7 nitrogen and oxygen atoms in total. The second-order valence-corrected chi connectivity index (χ2v) is 6.06. The van der Waals surface area contributed by atoms with Gasteiger partial charge < -0.3 is 9.79 Å². The number of hydrogen-bond donors (Lipinski definition) is 3. The highest BCUT2D eigenvalue weighted by Gasteiger charge is 2.34. The van der Waals surface area contributed by atoms with Gasteiger partial charge in [-0.1, -0.05) is 12.2 Å². The number of hydrogen-bond acceptors (Lipinski definition) is 3. The van der Waals surface area contributed by atoms with Crippen molar-refractivity contribution in [2.45, 2.75) is 19.8 Å². The summed E-state index contributed by atoms with van der Waals surface area (Å²) in [5, 5.41) is 2.10. The van der Waals surface area contributed by atoms with Gasteiger partial charge >= 0.3 is 13.6 Å². The van der Waals surface area contributed by atoms with Crippen LogP contribution in [0.5, 0.6) is 0 Å². The van der Waals surface area contributed by atoms with E-state index in [4.69, 9.17) is 9.79 Å². The predicted molar refractivity (Wildman–Crippen MR) is 65.4 cm³/mol. The van der Waals surface area contributed by atoms with Gasteiger partial charge in [0.15, 0.2) is 0 Å². The van der Waals surface area contributed by atoms with Gasteiger partial charge in [0.2, 0.25) is 5.91 Å². The van der Waals surface area contributed by atoms with Crippen molar-refractivity contribution in [3.63, 3.8) is 0 Å². The van der Waals surface area contributed by atoms with E-state index in [2.05, 4.69) is 10.3 Å². The zero-order valence-corrected chi connectivity index (χ0v) is 10.8. The minimum absolute atomic E-state index is 0.223. The van der Waals surface area contributed by atoms with E-state index in [0.717, 1.165) is 0 Å². The molecule has 0 radical (unpaired) electrons. The zero-order valence-electron chi connectivity index (χ0n) is 9.87. The standard InChI is InChI=1S/C10H15N2O5P/c1-10(7-11-9(14)12-8(10)13)5-3-2-4-6-18(15,16)17/h2-3,7H,4-6H2,1H3,(H,12,13,14)(H2,15,16,17). The number of allylic oxidation sites excluding steroid dienone is 2. The monoisotopic (exact) mass is 274 g/mol. The van der Waals surface area contributed by atoms with Crippen molar-refractivity contribution in [1.82, 2.24) is 5.32 Å². The van der Waals surface area contributed by atoms with Crippen molar-refractivity contribution in [3.8, 4) is 0 Å². The van der Waals surface area contributed by atoms with E-state index in [-0.39, 0.29) is 12.6 Å². The molecule has 3 amide bonds. The van der Waals surface area contributed by atoms with E-state index in [1.54, 1.807) is 19.1 Å². The fraction of sp³-hybridized carbons (Fsp3) is 0.500. The lowest BCUT2D eigenvalue weighted by molar-refractivity contribution is -0.125. The molecule has 0 aromatic rings. The van der Waals surface area contributed by atoms with Gasteiger partial charge in [0, 0.05) is 6.21 Å². The van der Waals surface area contributed by atoms with Crippen LogP contribution in [0.25, 0.3) is 0 Å². The topological polar surface area (TPSA) is 116 Å². The Kier molecular flexibility index (Phi) is 4.56. The summed E-state index contributed by atoms with van der Waals surface area (Å²) < 4.78 is 10.6. The van der Waals surface area contributed by atoms with Gasteiger partial charge in [-0.15, -0.1) is 0 Å². The van der Waals surface area contributed by atoms with E-state index in [1.165, 1.54) is 6.21 Å². The van der Waals surface area contributed by atoms with Crippen LogP contribution in [-0.4, -0.2) is 34.1 Å². The molecule has 0 spiro atoms. The number of rotatable bonds is 5. The molecule has 3 N–H and O–H groups in total. The summed E-state index contributed by atoms with van der Waals surface area (Å²) in [5.74, 6) is -0.429. The third kappa shape index (κ3) is 4.52. The number of aliphatic imine (C=N–C) groups is 1. The van der Waals surface area contributed by atoms with Gasteiger partial charge in [0.1, 0.15) is 0 Å². The summed E-state index contributed by atoms with van der Waals surface area (Å²) in [7, 11) is -3.98. The number of amides is 3. The first-order valence-electron chi connectivity index (χ1n) is 5.33. The highest BCUT2D eigenvalue weighted by molar-refractivity contribution is 7.51. The highest BCUT2D eigenvalue weighted by Crippen LogP contribution is 2.35. The van der Waals surface area contributed by atoms with Crippen LogP contribution in [-0.2, 0) is 9.36 Å². The smallest absolute Gasteiger partial charge is 0.324 e. The SMILES string of the molecule is CC1(CC=CCCP(=O)(O)O)C=NC(=O)NC1=O. The Hall–Kier alpha value is -1.30. The fourth-order valence-corrected chi connectivity index (χ4v) is 1.85. The Morgan fingerprint density at radius 2 is 2.11 bits per heavy atom. The molecule has 1 aliphatic rings. The van der Waals surface area contributed by atoms with Gasteiger partial charge in [-0.3, -0.25) is 14.7 Å². The summed E-state index contributed by atoms with van der Waals surface area (Å²) in [6.45, 7) is 1.63. The molecular formula is C10H15N2O5P. The predicted octanol–water partition coefficient (Wildman–Crippen LogP) is 0.827. The van der Waals surface area contributed by atoms with Crippen molar-refractivity contribution >= 4 is 25.7 Å². The summed E-state index contributed by atoms with van der Waals surface area (Å²) in [6, 6.07) is -0.678. The molecule has 0 saturated carbocycles. The molecule has 1 heterocycles. The maximum absolute atomic E-state index is 11.6. The summed E-state index contributed by atoms with van der Waals surface area (Å²) >= 11 is 0. The lowest BCUT2D eigenvalue weighted by atomic mass is 9.86. The Balaban J connectivity index is 2.50. The normalized spacial score (nSPS) is 24.6. The number of carbonyl (C=O) groups excluding carboxylic acids is 2. The summed E-state index contributed by atoms with van der Waals surface area (Å²) in [6.07, 6.45) is 4.87. The highest BCUT2D eigenvalue weighted by atomic mass is 31.2. The van der Waals surface area contributed by atoms with Crippen LogP contribution < -0.4 is 5.32 Å². The minimum atomic E-state index is -3.98. The van der Waals surface area contributed by atoms with Gasteiger partial charge in [-0.05, 0) is 19.8 Å². The third-order valence-corrected chi connectivity index (χ3v) is 3.34. The van der Waals surface area contributed by atoms with E-state index in [1.807, 2.05) is 0 Å². The molecule has 0 fully saturated rings. The average Bonchev–Trinajstić information content (AvgIpc) is 2.22. The van der Waals surface area contributed by atoms with Crippen LogP contribution in [0.4, 0.5) is 4.79 Å². The molecule has 0 aromatic carbocycles. The van der Waals surface area contributed by atoms with Gasteiger partial charge in [-0.2, -0.15) is 0 Å². The molecule has 1 unspecified atom stereocenters. The van der Waals surface area contributed by atoms with Crippen molar-refractivity contribution in [3.05, 3.63) is 12.2 Å². The lowest BCUT2D eigenvalue weighted by Crippen LogP contribution is -2.45. The third-order valence-electron chi connectivity index (χ3n) is 2.50. The molecular weight excluding hydrogens is 259 g/mol. The second-order valence-electron chi connectivity index (χ2n) is 4.29. The Morgan fingerprint density at radius 3 is 2.67 bits per heavy atom. The van der Waals surface area contributed by atoms with Gasteiger partial charge in [-0.25, -0.2) is 9.79 Å². The fourth-order valence-electron chi connectivity index (χ4n) is 1.37. The van der Waals surface area contributed by atoms with Crippen LogP contribution in [0, 0.1) is 5.41 Å². The molecule has 0 aromatic heterocycles. The van der Waals surface area contributed by atoms with Gasteiger partial charge in [0.05, 0.1) is 11.6 Å². The zero-order chi connectivity index (χ0) is 13.8. The number of nitrogens with zero attached hydrogens (tertiary/aromatic N) is 1. The second kappa shape index (κ2) is 5.56. The van der Waals surface area contributed by atoms with E-state index in [9.17, 15) is 14.2 Å². The van der Waals surface area contributed by atoms with Crippen LogP contribution in [0.3, 0.4) is 0 Å². The van der Waals surface area contributed by atoms with E-state index >= 15 is 0 Å². The molecule has 1 rings (SSSR count). The molecule has 0 aliphatic carbocycles. The Bertz CT molecular complexity index is 453. The average molecular weight is 274 g/mol. The summed E-state index contributed by atoms with van der Waals surface area (Å²) in [4.78, 5) is 43.2. The number of carbonyl (C=O) groups is 2. The largest absolute Gasteiger partial charge is 0.347 e. The van der Waals surface area contributed by atoms with E-state index in [0.29, 0.717) is 6.42 Å². The molecule has 18 heavy (non-hydrogen) atoms. The van der Waals surface area contributed by atoms with Crippen molar-refractivity contribution in [1.29, 1.82) is 0 Å². The lowest BCUT2D eigenvalue weighted by Gasteiger charge is -2.24. The number of nitrogens with one attached hydrogen (secondary N) is 1. The maximum Gasteiger partial charge on any atom is 0.347 e. The van der Waals surface area contributed by atoms with E-state index < -0.39 is 24.9 Å². The van der Waals surface area contributed by atoms with Crippen LogP contribution in [0.15, 0.2) is 17.1 Å². The van der Waals surface area contributed by atoms with Crippen LogP contribution >= 0.6 is 7.60 Å². The van der Waals surface area contributed by atoms with Crippen LogP contribution in [0.1, 0.15) is 19.8 Å².